The van der Waals surface area contributed by atoms with Crippen molar-refractivity contribution in [1.82, 2.24) is 9.88 Å². The van der Waals surface area contributed by atoms with Crippen molar-refractivity contribution in [3.63, 3.8) is 0 Å². The number of hydrogen-bond acceptors (Lipinski definition) is 3. The second kappa shape index (κ2) is 6.93. The fraction of sp³-hybridized carbons (Fsp3) is 0.261. The predicted molar refractivity (Wildman–Crippen MR) is 108 cm³/mol. The molecule has 4 rings (SSSR count). The van der Waals surface area contributed by atoms with Crippen LogP contribution in [0.5, 0.6) is 5.75 Å². The lowest BCUT2D eigenvalue weighted by Gasteiger charge is -2.26. The van der Waals surface area contributed by atoms with Gasteiger partial charge in [-0.05, 0) is 67.9 Å². The summed E-state index contributed by atoms with van der Waals surface area (Å²) in [6.07, 6.45) is 2.11. The van der Waals surface area contributed by atoms with E-state index in [0.717, 1.165) is 36.3 Å². The zero-order valence-corrected chi connectivity index (χ0v) is 15.6. The number of likely N-dealkylation sites (N-methyl/N-ethyl adjacent to an activating group) is 1. The summed E-state index contributed by atoms with van der Waals surface area (Å²) in [5.41, 5.74) is 7.41. The molecule has 0 atom stereocenters. The third kappa shape index (κ3) is 3.11. The first-order valence-corrected chi connectivity index (χ1v) is 9.06. The molecule has 3 nitrogen and oxygen atoms in total. The van der Waals surface area contributed by atoms with Gasteiger partial charge in [-0.3, -0.25) is 0 Å². The van der Waals surface area contributed by atoms with Gasteiger partial charge in [-0.1, -0.05) is 30.3 Å². The van der Waals surface area contributed by atoms with Gasteiger partial charge in [0.15, 0.2) is 0 Å². The van der Waals surface area contributed by atoms with E-state index in [1.807, 2.05) is 6.07 Å². The van der Waals surface area contributed by atoms with E-state index in [1.165, 1.54) is 27.7 Å². The van der Waals surface area contributed by atoms with Gasteiger partial charge in [0.05, 0.1) is 18.3 Å². The number of hydrogen-bond donors (Lipinski definition) is 0. The van der Waals surface area contributed by atoms with Gasteiger partial charge in [0.1, 0.15) is 5.75 Å². The third-order valence-corrected chi connectivity index (χ3v) is 4.95. The van der Waals surface area contributed by atoms with Crippen LogP contribution in [0.3, 0.4) is 0 Å². The van der Waals surface area contributed by atoms with E-state index in [0.29, 0.717) is 0 Å². The van der Waals surface area contributed by atoms with Gasteiger partial charge in [0, 0.05) is 17.5 Å². The van der Waals surface area contributed by atoms with Crippen molar-refractivity contribution in [2.45, 2.75) is 12.8 Å². The zero-order valence-electron chi connectivity index (χ0n) is 15.6. The molecule has 0 aliphatic heterocycles. The van der Waals surface area contributed by atoms with E-state index >= 15 is 0 Å². The molecule has 1 aliphatic rings. The van der Waals surface area contributed by atoms with Gasteiger partial charge in [0.2, 0.25) is 0 Å². The van der Waals surface area contributed by atoms with E-state index in [4.69, 9.17) is 9.72 Å². The van der Waals surface area contributed by atoms with Crippen molar-refractivity contribution < 1.29 is 4.74 Å². The molecule has 0 saturated carbocycles. The molecule has 0 amide bonds. The predicted octanol–water partition coefficient (Wildman–Crippen LogP) is 4.55. The molecule has 0 saturated heterocycles. The Balaban J connectivity index is 1.95. The quantitative estimate of drug-likeness (QED) is 0.694. The SMILES string of the molecule is COc1cccc(C2=C(CN(C)C)CCc3cc4ccccc4nc32)c1. The first-order valence-electron chi connectivity index (χ1n) is 9.06. The monoisotopic (exact) mass is 344 g/mol. The Bertz CT molecular complexity index is 988. The van der Waals surface area contributed by atoms with Crippen LogP contribution in [0, 0.1) is 0 Å². The fourth-order valence-electron chi connectivity index (χ4n) is 3.80. The van der Waals surface area contributed by atoms with Crippen LogP contribution in [0.2, 0.25) is 0 Å². The lowest BCUT2D eigenvalue weighted by Crippen LogP contribution is -2.20. The lowest BCUT2D eigenvalue weighted by atomic mass is 9.84. The summed E-state index contributed by atoms with van der Waals surface area (Å²) in [5, 5.41) is 1.22. The Morgan fingerprint density at radius 3 is 2.65 bits per heavy atom. The molecule has 0 unspecified atom stereocenters. The number of aromatic nitrogens is 1. The average molecular weight is 344 g/mol. The first-order chi connectivity index (χ1) is 12.7. The summed E-state index contributed by atoms with van der Waals surface area (Å²) in [6, 6.07) is 19.0. The number of fused-ring (bicyclic) bond motifs is 2. The van der Waals surface area contributed by atoms with Crippen molar-refractivity contribution in [3.05, 3.63) is 77.0 Å². The normalized spacial score (nSPS) is 14.0. The van der Waals surface area contributed by atoms with Crippen LogP contribution in [-0.2, 0) is 6.42 Å². The maximum atomic E-state index is 5.47. The minimum atomic E-state index is 0.882. The molecule has 2 aromatic carbocycles. The van der Waals surface area contributed by atoms with Crippen LogP contribution < -0.4 is 4.74 Å². The maximum Gasteiger partial charge on any atom is 0.119 e. The summed E-state index contributed by atoms with van der Waals surface area (Å²) < 4.78 is 5.47. The van der Waals surface area contributed by atoms with Crippen LogP contribution in [0.25, 0.3) is 16.5 Å². The first kappa shape index (κ1) is 16.8. The molecule has 1 aliphatic carbocycles. The molecule has 0 fully saturated rings. The summed E-state index contributed by atoms with van der Waals surface area (Å²) in [7, 11) is 5.97. The van der Waals surface area contributed by atoms with Crippen LogP contribution in [-0.4, -0.2) is 37.6 Å². The second-order valence-electron chi connectivity index (χ2n) is 7.14. The van der Waals surface area contributed by atoms with Gasteiger partial charge in [-0.15, -0.1) is 0 Å². The van der Waals surface area contributed by atoms with E-state index in [9.17, 15) is 0 Å². The van der Waals surface area contributed by atoms with Gasteiger partial charge < -0.3 is 9.64 Å². The van der Waals surface area contributed by atoms with E-state index < -0.39 is 0 Å². The molecule has 0 spiro atoms. The van der Waals surface area contributed by atoms with Gasteiger partial charge in [-0.25, -0.2) is 4.98 Å². The number of benzene rings is 2. The Kier molecular flexibility index (Phi) is 4.48. The van der Waals surface area contributed by atoms with E-state index in [1.54, 1.807) is 7.11 Å². The molecule has 1 aromatic heterocycles. The molecule has 1 heterocycles. The highest BCUT2D eigenvalue weighted by Gasteiger charge is 2.23. The average Bonchev–Trinajstić information content (AvgIpc) is 2.66. The van der Waals surface area contributed by atoms with Crippen molar-refractivity contribution in [2.75, 3.05) is 27.7 Å². The lowest BCUT2D eigenvalue weighted by molar-refractivity contribution is 0.414. The molecular weight excluding hydrogens is 320 g/mol. The molecular formula is C23H24N2O. The van der Waals surface area contributed by atoms with Gasteiger partial charge in [-0.2, -0.15) is 0 Å². The molecule has 3 aromatic rings. The van der Waals surface area contributed by atoms with E-state index in [2.05, 4.69) is 67.5 Å². The molecule has 0 bridgehead atoms. The summed E-state index contributed by atoms with van der Waals surface area (Å²) in [5.74, 6) is 0.882. The maximum absolute atomic E-state index is 5.47. The largest absolute Gasteiger partial charge is 0.497 e. The third-order valence-electron chi connectivity index (χ3n) is 4.95. The minimum absolute atomic E-state index is 0.882. The summed E-state index contributed by atoms with van der Waals surface area (Å²) >= 11 is 0. The van der Waals surface area contributed by atoms with Crippen molar-refractivity contribution in [2.24, 2.45) is 0 Å². The highest BCUT2D eigenvalue weighted by Crippen LogP contribution is 2.37. The van der Waals surface area contributed by atoms with Crippen molar-refractivity contribution >= 4 is 16.5 Å². The molecule has 0 radical (unpaired) electrons. The Morgan fingerprint density at radius 1 is 1.00 bits per heavy atom. The Hall–Kier alpha value is -2.65. The number of nitrogens with zero attached hydrogens (tertiary/aromatic N) is 2. The molecule has 26 heavy (non-hydrogen) atoms. The second-order valence-corrected chi connectivity index (χ2v) is 7.14. The topological polar surface area (TPSA) is 25.4 Å². The van der Waals surface area contributed by atoms with Gasteiger partial charge in [0.25, 0.3) is 0 Å². The number of rotatable bonds is 4. The van der Waals surface area contributed by atoms with Crippen LogP contribution in [0.4, 0.5) is 0 Å². The van der Waals surface area contributed by atoms with Crippen LogP contribution in [0.15, 0.2) is 60.2 Å². The van der Waals surface area contributed by atoms with Crippen molar-refractivity contribution in [3.8, 4) is 5.75 Å². The number of pyridine rings is 1. The Labute approximate surface area is 154 Å². The Morgan fingerprint density at radius 2 is 1.85 bits per heavy atom. The highest BCUT2D eigenvalue weighted by molar-refractivity contribution is 5.89. The minimum Gasteiger partial charge on any atom is -0.497 e. The fourth-order valence-corrected chi connectivity index (χ4v) is 3.80. The smallest absolute Gasteiger partial charge is 0.119 e. The van der Waals surface area contributed by atoms with E-state index in [-0.39, 0.29) is 0 Å². The summed E-state index contributed by atoms with van der Waals surface area (Å²) in [4.78, 5) is 7.31. The molecule has 0 N–H and O–H groups in total. The summed E-state index contributed by atoms with van der Waals surface area (Å²) in [6.45, 7) is 0.945. The number of ether oxygens (including phenoxy) is 1. The molecule has 3 heteroatoms. The standard InChI is InChI=1S/C23H24N2O/c1-25(2)15-19-12-11-18-13-16-7-4-5-10-21(16)24-23(18)22(19)17-8-6-9-20(14-17)26-3/h4-10,13-14H,11-12,15H2,1-3H3. The van der Waals surface area contributed by atoms with Crippen LogP contribution >= 0.6 is 0 Å². The van der Waals surface area contributed by atoms with Crippen LogP contribution in [0.1, 0.15) is 23.2 Å². The number of aryl methyl sites for hydroxylation is 1. The molecule has 132 valence electrons. The number of methoxy groups -OCH3 is 1. The zero-order chi connectivity index (χ0) is 18.1. The van der Waals surface area contributed by atoms with Gasteiger partial charge >= 0.3 is 0 Å². The van der Waals surface area contributed by atoms with Crippen molar-refractivity contribution in [1.29, 1.82) is 0 Å². The number of para-hydroxylation sites is 1. The highest BCUT2D eigenvalue weighted by atomic mass is 16.5.